The summed E-state index contributed by atoms with van der Waals surface area (Å²) in [6.07, 6.45) is 0. The third-order valence-electron chi connectivity index (χ3n) is 23.4. The van der Waals surface area contributed by atoms with Gasteiger partial charge in [-0.25, -0.2) is 0 Å². The molecule has 0 spiro atoms. The van der Waals surface area contributed by atoms with E-state index in [1.165, 1.54) is 65.7 Å². The molecule has 15 aromatic carbocycles. The molecule has 0 aliphatic carbocycles. The molecule has 0 fully saturated rings. The number of hydrogen-bond donors (Lipinski definition) is 0. The van der Waals surface area contributed by atoms with Crippen LogP contribution < -0.4 is 52.4 Å². The largest absolute Gasteiger partial charge is 0.454 e. The van der Waals surface area contributed by atoms with Crippen LogP contribution in [0.1, 0.15) is 52.7 Å². The van der Waals surface area contributed by atoms with E-state index in [0.29, 0.717) is 0 Å². The van der Waals surface area contributed by atoms with Crippen molar-refractivity contribution in [3.8, 4) is 27.9 Å². The first-order chi connectivity index (χ1) is 52.4. The fourth-order valence-electron chi connectivity index (χ4n) is 18.5. The van der Waals surface area contributed by atoms with Gasteiger partial charge in [0.1, 0.15) is 11.2 Å². The molecule has 22 rings (SSSR count). The molecule has 9 heteroatoms. The van der Waals surface area contributed by atoms with Gasteiger partial charge in [-0.2, -0.15) is 0 Å². The van der Waals surface area contributed by atoms with Gasteiger partial charge < -0.3 is 33.0 Å². The smallest absolute Gasteiger partial charge is 0.252 e. The Kier molecular flexibility index (Phi) is 13.1. The number of anilines is 12. The zero-order valence-corrected chi connectivity index (χ0v) is 60.3. The van der Waals surface area contributed by atoms with Crippen molar-refractivity contribution >= 4 is 180 Å². The summed E-state index contributed by atoms with van der Waals surface area (Å²) in [6.45, 7) is 13.6. The molecular formula is C98H71B2N5O2. The summed E-state index contributed by atoms with van der Waals surface area (Å²) in [7, 11) is 0. The molecule has 0 saturated heterocycles. The lowest BCUT2D eigenvalue weighted by molar-refractivity contribution is 0.590. The minimum atomic E-state index is -0.302. The van der Waals surface area contributed by atoms with Crippen LogP contribution in [-0.4, -0.2) is 18.0 Å². The molecule has 4 aliphatic heterocycles. The Labute approximate surface area is 622 Å². The highest BCUT2D eigenvalue weighted by molar-refractivity contribution is 7.03. The molecule has 0 bridgehead atoms. The number of aromatic nitrogens is 1. The van der Waals surface area contributed by atoms with Crippen molar-refractivity contribution in [3.63, 3.8) is 0 Å². The summed E-state index contributed by atoms with van der Waals surface area (Å²) in [4.78, 5) is 10.4. The Hall–Kier alpha value is -13.0. The van der Waals surface area contributed by atoms with Crippen LogP contribution in [0.4, 0.5) is 68.2 Å². The lowest BCUT2D eigenvalue weighted by Crippen LogP contribution is -2.65. The fourth-order valence-corrected chi connectivity index (χ4v) is 18.5. The molecule has 0 amide bonds. The lowest BCUT2D eigenvalue weighted by atomic mass is 9.30. The topological polar surface area (TPSA) is 44.2 Å². The van der Waals surface area contributed by atoms with Gasteiger partial charge in [0.05, 0.1) is 28.1 Å². The molecule has 7 heterocycles. The third-order valence-corrected chi connectivity index (χ3v) is 23.4. The van der Waals surface area contributed by atoms with Crippen LogP contribution in [0, 0.1) is 0 Å². The Bertz CT molecular complexity index is 6670. The average molecular weight is 1370 g/mol. The number of benzene rings is 15. The predicted molar refractivity (Wildman–Crippen MR) is 452 cm³/mol. The molecule has 0 N–H and O–H groups in total. The van der Waals surface area contributed by atoms with Crippen LogP contribution in [0.5, 0.6) is 0 Å². The molecule has 0 saturated carbocycles. The van der Waals surface area contributed by atoms with Crippen LogP contribution in [0.15, 0.2) is 330 Å². The third kappa shape index (κ3) is 8.98. The highest BCUT2D eigenvalue weighted by Crippen LogP contribution is 2.55. The molecular weight excluding hydrogens is 1300 g/mol. The van der Waals surface area contributed by atoms with E-state index in [2.05, 4.69) is 387 Å². The predicted octanol–water partition coefficient (Wildman–Crippen LogP) is 22.7. The van der Waals surface area contributed by atoms with Crippen molar-refractivity contribution < 1.29 is 8.83 Å². The van der Waals surface area contributed by atoms with Gasteiger partial charge in [0.2, 0.25) is 0 Å². The van der Waals surface area contributed by atoms with Gasteiger partial charge in [0.15, 0.2) is 11.2 Å². The monoisotopic (exact) mass is 1370 g/mol. The Morgan fingerprint density at radius 1 is 0.262 bits per heavy atom. The maximum absolute atomic E-state index is 7.35. The van der Waals surface area contributed by atoms with Gasteiger partial charge >= 0.3 is 0 Å². The van der Waals surface area contributed by atoms with Crippen LogP contribution in [0.2, 0.25) is 0 Å². The van der Waals surface area contributed by atoms with E-state index in [9.17, 15) is 0 Å². The number of nitrogens with zero attached hydrogens (tertiary/aromatic N) is 5. The summed E-state index contributed by atoms with van der Waals surface area (Å²) in [5.74, 6) is 0. The minimum Gasteiger partial charge on any atom is -0.454 e. The van der Waals surface area contributed by atoms with E-state index in [1.54, 1.807) is 0 Å². The Morgan fingerprint density at radius 2 is 0.664 bits per heavy atom. The summed E-state index contributed by atoms with van der Waals surface area (Å²) in [6, 6.07) is 120. The standard InChI is InChI=1S/C98H71B2N5O2/c1-97(2,3)62-53-86-92-89(56-62)105(94-66(60-29-10-7-11-30-60)39-26-40-67(94)61-31-12-8-13-32-61)85-59-84-76(58-77(85)100(92)75-52-51-65(57-83(75)101(86)64-33-14-9-15-34-64)102-78-44-21-16-35-68(78)69-36-17-22-45-79(69)102)99-74-43-20-23-46-80(74)103(81-47-27-41-72-70-37-18-24-49-90(70)106-95(72)81)87-54-63(98(4,5)6)55-88(93(87)99)104(84)82-48-28-42-73-71-38-19-25-50-91(71)107-96(73)82/h7-59H,1-6H3. The molecule has 18 aromatic rings. The van der Waals surface area contributed by atoms with E-state index in [-0.39, 0.29) is 24.3 Å². The van der Waals surface area contributed by atoms with Crippen molar-refractivity contribution in [2.75, 3.05) is 19.6 Å². The maximum atomic E-state index is 7.35. The second-order valence-electron chi connectivity index (χ2n) is 31.5. The first-order valence-corrected chi connectivity index (χ1v) is 37.5. The Morgan fingerprint density at radius 3 is 1.21 bits per heavy atom. The molecule has 7 nitrogen and oxygen atoms in total. The number of fused-ring (bicyclic) bond motifs is 17. The van der Waals surface area contributed by atoms with E-state index >= 15 is 0 Å². The van der Waals surface area contributed by atoms with Gasteiger partial charge in [-0.3, -0.25) is 0 Å². The summed E-state index contributed by atoms with van der Waals surface area (Å²) in [5.41, 5.74) is 33.6. The second kappa shape index (κ2) is 22.8. The molecule has 4 aliphatic rings. The van der Waals surface area contributed by atoms with E-state index in [0.717, 1.165) is 140 Å². The van der Waals surface area contributed by atoms with Crippen LogP contribution >= 0.6 is 0 Å². The van der Waals surface area contributed by atoms with Crippen molar-refractivity contribution in [1.29, 1.82) is 0 Å². The van der Waals surface area contributed by atoms with Crippen LogP contribution in [0.25, 0.3) is 93.6 Å². The second-order valence-corrected chi connectivity index (χ2v) is 31.5. The van der Waals surface area contributed by atoms with Crippen molar-refractivity contribution in [2.45, 2.75) is 52.4 Å². The van der Waals surface area contributed by atoms with Crippen LogP contribution in [-0.2, 0) is 10.8 Å². The van der Waals surface area contributed by atoms with Gasteiger partial charge in [-0.15, -0.1) is 0 Å². The van der Waals surface area contributed by atoms with Crippen molar-refractivity contribution in [3.05, 3.63) is 333 Å². The molecule has 3 aromatic heterocycles. The van der Waals surface area contributed by atoms with Gasteiger partial charge in [0, 0.05) is 100 Å². The average Bonchev–Trinajstić information content (AvgIpc) is 0.922. The van der Waals surface area contributed by atoms with Crippen LogP contribution in [0.3, 0.4) is 0 Å². The minimum absolute atomic E-state index is 0.265. The molecule has 0 atom stereocenters. The molecule has 0 unspecified atom stereocenters. The highest BCUT2D eigenvalue weighted by atomic mass is 16.3. The van der Waals surface area contributed by atoms with Gasteiger partial charge in [-0.1, -0.05) is 266 Å². The normalized spacial score (nSPS) is 13.6. The number of furan rings is 2. The zero-order valence-electron chi connectivity index (χ0n) is 60.3. The number of hydrogen-bond acceptors (Lipinski definition) is 6. The number of para-hydroxylation sites is 9. The summed E-state index contributed by atoms with van der Waals surface area (Å²) in [5, 5.41) is 6.77. The quantitative estimate of drug-likeness (QED) is 0.148. The molecule has 107 heavy (non-hydrogen) atoms. The van der Waals surface area contributed by atoms with E-state index in [4.69, 9.17) is 8.83 Å². The first-order valence-electron chi connectivity index (χ1n) is 37.5. The Balaban J connectivity index is 0.912. The zero-order chi connectivity index (χ0) is 71.3. The summed E-state index contributed by atoms with van der Waals surface area (Å²) >= 11 is 0. The molecule has 506 valence electrons. The van der Waals surface area contributed by atoms with Crippen molar-refractivity contribution in [1.82, 2.24) is 4.57 Å². The first kappa shape index (κ1) is 61.5. The summed E-state index contributed by atoms with van der Waals surface area (Å²) < 4.78 is 17.0. The fraction of sp³-hybridized carbons (Fsp3) is 0.0816. The van der Waals surface area contributed by atoms with Gasteiger partial charge in [-0.05, 0) is 163 Å². The van der Waals surface area contributed by atoms with Crippen molar-refractivity contribution in [2.24, 2.45) is 0 Å². The lowest BCUT2D eigenvalue weighted by Gasteiger charge is -2.48. The maximum Gasteiger partial charge on any atom is 0.252 e. The highest BCUT2D eigenvalue weighted by Gasteiger charge is 2.50. The number of rotatable bonds is 7. The van der Waals surface area contributed by atoms with E-state index in [1.807, 2.05) is 0 Å². The van der Waals surface area contributed by atoms with E-state index < -0.39 is 0 Å². The molecule has 0 radical (unpaired) electrons. The van der Waals surface area contributed by atoms with Gasteiger partial charge in [0.25, 0.3) is 13.4 Å². The SMILES string of the molecule is CC(C)(C)c1cc2c3c(c1)N(c1c(-c4ccccc4)cccc1-c1ccccc1)c1cc4c(cc1B3c1ccc(-n3c5ccccc5c5ccccc53)cc1N2c1ccccc1)B1c2ccccc2N(c2cccc3c2oc2ccccc23)c2cc(C(C)(C)C)cc(c21)N4c1cccc2c1oc1ccccc12.